The molecule has 0 atom stereocenters. The lowest BCUT2D eigenvalue weighted by Crippen LogP contribution is -2.46. The number of carbonyl (C=O) groups excluding carboxylic acids is 1. The van der Waals surface area contributed by atoms with Crippen molar-refractivity contribution in [2.24, 2.45) is 0 Å². The van der Waals surface area contributed by atoms with Crippen molar-refractivity contribution in [3.63, 3.8) is 0 Å². The Morgan fingerprint density at radius 2 is 2.00 bits per heavy atom. The summed E-state index contributed by atoms with van der Waals surface area (Å²) in [6.45, 7) is 9.08. The van der Waals surface area contributed by atoms with Crippen molar-refractivity contribution in [2.45, 2.75) is 13.8 Å². The van der Waals surface area contributed by atoms with Crippen molar-refractivity contribution >= 4 is 11.6 Å². The second-order valence-electron chi connectivity index (χ2n) is 4.38. The molecule has 0 bridgehead atoms. The van der Waals surface area contributed by atoms with Gasteiger partial charge in [0.05, 0.1) is 0 Å². The molecule has 0 N–H and O–H groups in total. The third kappa shape index (κ3) is 2.82. The summed E-state index contributed by atoms with van der Waals surface area (Å²) in [4.78, 5) is 20.2. The Kier molecular flexibility index (Phi) is 3.74. The Balaban J connectivity index is 2.01. The molecule has 1 aromatic rings. The van der Waals surface area contributed by atoms with Crippen LogP contribution in [0.15, 0.2) is 18.3 Å². The highest BCUT2D eigenvalue weighted by Crippen LogP contribution is 2.14. The van der Waals surface area contributed by atoms with Gasteiger partial charge in [-0.1, -0.05) is 6.92 Å². The summed E-state index contributed by atoms with van der Waals surface area (Å²) in [6, 6.07) is 3.80. The molecule has 1 aliphatic heterocycles. The minimum absolute atomic E-state index is 0.0693. The van der Waals surface area contributed by atoms with Crippen LogP contribution in [0.3, 0.4) is 0 Å². The van der Waals surface area contributed by atoms with E-state index in [1.54, 1.807) is 13.1 Å². The minimum atomic E-state index is 0.0693. The Labute approximate surface area is 102 Å². The van der Waals surface area contributed by atoms with E-state index in [9.17, 15) is 4.79 Å². The zero-order valence-corrected chi connectivity index (χ0v) is 10.5. The fraction of sp³-hybridized carbons (Fsp3) is 0.538. The summed E-state index contributed by atoms with van der Waals surface area (Å²) in [5.41, 5.74) is 0.681. The summed E-state index contributed by atoms with van der Waals surface area (Å²) in [6.07, 6.45) is 1.67. The first-order chi connectivity index (χ1) is 8.20. The van der Waals surface area contributed by atoms with Crippen LogP contribution in [0, 0.1) is 0 Å². The number of ketones is 1. The quantitative estimate of drug-likeness (QED) is 0.740. The number of pyridine rings is 1. The molecule has 4 nitrogen and oxygen atoms in total. The highest BCUT2D eigenvalue weighted by Gasteiger charge is 2.16. The lowest BCUT2D eigenvalue weighted by molar-refractivity contribution is 0.101. The molecule has 0 radical (unpaired) electrons. The lowest BCUT2D eigenvalue weighted by atomic mass is 10.2. The molecule has 92 valence electrons. The summed E-state index contributed by atoms with van der Waals surface area (Å²) >= 11 is 0. The molecule has 1 aromatic heterocycles. The van der Waals surface area contributed by atoms with Crippen LogP contribution in [0.4, 0.5) is 5.82 Å². The number of Topliss-reactive ketones (excluding diaryl/α,β-unsaturated/α-hetero) is 1. The zero-order chi connectivity index (χ0) is 12.3. The average Bonchev–Trinajstić information content (AvgIpc) is 2.39. The highest BCUT2D eigenvalue weighted by molar-refractivity contribution is 5.93. The number of piperazine rings is 1. The Morgan fingerprint density at radius 1 is 1.29 bits per heavy atom. The van der Waals surface area contributed by atoms with Crippen molar-refractivity contribution in [3.8, 4) is 0 Å². The second-order valence-corrected chi connectivity index (χ2v) is 4.38. The number of carbonyl (C=O) groups is 1. The van der Waals surface area contributed by atoms with Crippen LogP contribution < -0.4 is 4.90 Å². The van der Waals surface area contributed by atoms with E-state index >= 15 is 0 Å². The summed E-state index contributed by atoms with van der Waals surface area (Å²) in [5.74, 6) is 1.05. The van der Waals surface area contributed by atoms with Crippen molar-refractivity contribution in [3.05, 3.63) is 23.9 Å². The Bertz CT molecular complexity index is 380. The number of anilines is 1. The number of rotatable bonds is 3. The molecule has 1 saturated heterocycles. The normalized spacial score (nSPS) is 17.2. The van der Waals surface area contributed by atoms with Gasteiger partial charge in [0.1, 0.15) is 5.82 Å². The fourth-order valence-electron chi connectivity index (χ4n) is 2.07. The first kappa shape index (κ1) is 12.0. The van der Waals surface area contributed by atoms with Gasteiger partial charge in [-0.15, -0.1) is 0 Å². The van der Waals surface area contributed by atoms with E-state index in [4.69, 9.17) is 0 Å². The molecule has 0 spiro atoms. The fourth-order valence-corrected chi connectivity index (χ4v) is 2.07. The number of likely N-dealkylation sites (N-methyl/N-ethyl adjacent to an activating group) is 1. The standard InChI is InChI=1S/C13H19N3O/c1-3-15-6-8-16(9-7-15)13-5-4-12(10-14-13)11(2)17/h4-5,10H,3,6-9H2,1-2H3. The first-order valence-electron chi connectivity index (χ1n) is 6.15. The number of aromatic nitrogens is 1. The molecule has 1 aliphatic rings. The van der Waals surface area contributed by atoms with Gasteiger partial charge in [-0.2, -0.15) is 0 Å². The maximum atomic E-state index is 11.2. The van der Waals surface area contributed by atoms with Gasteiger partial charge in [0.2, 0.25) is 0 Å². The van der Waals surface area contributed by atoms with Crippen molar-refractivity contribution in [1.29, 1.82) is 0 Å². The Morgan fingerprint density at radius 3 is 2.47 bits per heavy atom. The maximum absolute atomic E-state index is 11.2. The van der Waals surface area contributed by atoms with Gasteiger partial charge in [-0.25, -0.2) is 4.98 Å². The minimum Gasteiger partial charge on any atom is -0.354 e. The van der Waals surface area contributed by atoms with Crippen LogP contribution in [0.2, 0.25) is 0 Å². The predicted molar refractivity (Wildman–Crippen MR) is 68.6 cm³/mol. The SMILES string of the molecule is CCN1CCN(c2ccc(C(C)=O)cn2)CC1. The molecular formula is C13H19N3O. The van der Waals surface area contributed by atoms with Gasteiger partial charge in [-0.05, 0) is 25.6 Å². The molecule has 0 unspecified atom stereocenters. The van der Waals surface area contributed by atoms with Crippen LogP contribution in [0.5, 0.6) is 0 Å². The molecular weight excluding hydrogens is 214 g/mol. The predicted octanol–water partition coefficient (Wildman–Crippen LogP) is 1.43. The zero-order valence-electron chi connectivity index (χ0n) is 10.5. The number of nitrogens with zero attached hydrogens (tertiary/aromatic N) is 3. The average molecular weight is 233 g/mol. The van der Waals surface area contributed by atoms with E-state index < -0.39 is 0 Å². The lowest BCUT2D eigenvalue weighted by Gasteiger charge is -2.34. The first-order valence-corrected chi connectivity index (χ1v) is 6.15. The van der Waals surface area contributed by atoms with Crippen LogP contribution in [-0.2, 0) is 0 Å². The third-order valence-corrected chi connectivity index (χ3v) is 3.30. The van der Waals surface area contributed by atoms with Crippen molar-refractivity contribution in [1.82, 2.24) is 9.88 Å². The summed E-state index contributed by atoms with van der Waals surface area (Å²) in [7, 11) is 0. The van der Waals surface area contributed by atoms with Gasteiger partial charge in [0.25, 0.3) is 0 Å². The Hall–Kier alpha value is -1.42. The number of hydrogen-bond acceptors (Lipinski definition) is 4. The van der Waals surface area contributed by atoms with Crippen LogP contribution in [-0.4, -0.2) is 48.4 Å². The maximum Gasteiger partial charge on any atom is 0.161 e. The molecule has 2 heterocycles. The molecule has 0 amide bonds. The van der Waals surface area contributed by atoms with E-state index in [0.29, 0.717) is 5.56 Å². The second kappa shape index (κ2) is 5.27. The molecule has 0 saturated carbocycles. The van der Waals surface area contributed by atoms with E-state index in [2.05, 4.69) is 21.7 Å². The highest BCUT2D eigenvalue weighted by atomic mass is 16.1. The summed E-state index contributed by atoms with van der Waals surface area (Å²) in [5, 5.41) is 0. The van der Waals surface area contributed by atoms with Gasteiger partial charge in [-0.3, -0.25) is 4.79 Å². The van der Waals surface area contributed by atoms with E-state index in [1.807, 2.05) is 12.1 Å². The van der Waals surface area contributed by atoms with Gasteiger partial charge in [0, 0.05) is 37.9 Å². The van der Waals surface area contributed by atoms with Gasteiger partial charge < -0.3 is 9.80 Å². The van der Waals surface area contributed by atoms with Crippen molar-refractivity contribution in [2.75, 3.05) is 37.6 Å². The van der Waals surface area contributed by atoms with Gasteiger partial charge >= 0.3 is 0 Å². The van der Waals surface area contributed by atoms with Crippen LogP contribution in [0.25, 0.3) is 0 Å². The molecule has 2 rings (SSSR count). The third-order valence-electron chi connectivity index (χ3n) is 3.30. The van der Waals surface area contributed by atoms with Gasteiger partial charge in [0.15, 0.2) is 5.78 Å². The molecule has 4 heteroatoms. The van der Waals surface area contributed by atoms with Crippen LogP contribution >= 0.6 is 0 Å². The van der Waals surface area contributed by atoms with E-state index in [1.165, 1.54) is 0 Å². The molecule has 0 aliphatic carbocycles. The number of hydrogen-bond donors (Lipinski definition) is 0. The topological polar surface area (TPSA) is 36.4 Å². The molecule has 17 heavy (non-hydrogen) atoms. The van der Waals surface area contributed by atoms with Crippen LogP contribution in [0.1, 0.15) is 24.2 Å². The van der Waals surface area contributed by atoms with E-state index in [-0.39, 0.29) is 5.78 Å². The molecule has 0 aromatic carbocycles. The van der Waals surface area contributed by atoms with Crippen molar-refractivity contribution < 1.29 is 4.79 Å². The molecule has 1 fully saturated rings. The largest absolute Gasteiger partial charge is 0.354 e. The summed E-state index contributed by atoms with van der Waals surface area (Å²) < 4.78 is 0. The van der Waals surface area contributed by atoms with E-state index in [0.717, 1.165) is 38.5 Å². The monoisotopic (exact) mass is 233 g/mol. The smallest absolute Gasteiger partial charge is 0.161 e.